The van der Waals surface area contributed by atoms with Gasteiger partial charge in [0.25, 0.3) is 0 Å². The maximum atomic E-state index is 3.75. The van der Waals surface area contributed by atoms with Gasteiger partial charge in [-0.25, -0.2) is 0 Å². The lowest BCUT2D eigenvalue weighted by molar-refractivity contribution is 0.0544. The maximum Gasteiger partial charge on any atom is 0.0247 e. The molecule has 0 aromatic heterocycles. The van der Waals surface area contributed by atoms with Crippen molar-refractivity contribution in [3.8, 4) is 0 Å². The van der Waals surface area contributed by atoms with E-state index < -0.39 is 0 Å². The summed E-state index contributed by atoms with van der Waals surface area (Å²) in [5.41, 5.74) is 0. The number of nitrogens with zero attached hydrogens (tertiary/aromatic N) is 1. The highest BCUT2D eigenvalue weighted by Gasteiger charge is 2.36. The van der Waals surface area contributed by atoms with Crippen molar-refractivity contribution >= 4 is 11.8 Å². The van der Waals surface area contributed by atoms with Crippen molar-refractivity contribution in [3.63, 3.8) is 0 Å². The molecule has 2 rings (SSSR count). The van der Waals surface area contributed by atoms with E-state index >= 15 is 0 Å². The van der Waals surface area contributed by atoms with E-state index in [9.17, 15) is 0 Å². The minimum absolute atomic E-state index is 0.690. The zero-order chi connectivity index (χ0) is 12.4. The Bertz CT molecular complexity index is 236. The molecule has 2 nitrogen and oxygen atoms in total. The molecule has 3 heteroatoms. The highest BCUT2D eigenvalue weighted by Crippen LogP contribution is 2.28. The Morgan fingerprint density at radius 1 is 1.18 bits per heavy atom. The molecule has 2 heterocycles. The van der Waals surface area contributed by atoms with Gasteiger partial charge >= 0.3 is 0 Å². The molecule has 0 aromatic rings. The molecule has 0 aliphatic carbocycles. The Hall–Kier alpha value is 0.270. The number of hydrogen-bond donors (Lipinski definition) is 1. The molecule has 0 amide bonds. The molecule has 2 saturated heterocycles. The van der Waals surface area contributed by atoms with Crippen LogP contribution in [0.4, 0.5) is 0 Å². The zero-order valence-corrected chi connectivity index (χ0v) is 12.6. The van der Waals surface area contributed by atoms with Crippen molar-refractivity contribution < 1.29 is 0 Å². The average Bonchev–Trinajstić information content (AvgIpc) is 2.81. The van der Waals surface area contributed by atoms with Crippen LogP contribution < -0.4 is 5.32 Å². The molecule has 0 bridgehead atoms. The molecule has 3 unspecified atom stereocenters. The van der Waals surface area contributed by atoms with E-state index in [-0.39, 0.29) is 0 Å². The summed E-state index contributed by atoms with van der Waals surface area (Å²) in [5.74, 6) is 4.24. The molecule has 0 saturated carbocycles. The van der Waals surface area contributed by atoms with Crippen molar-refractivity contribution in [3.05, 3.63) is 0 Å². The summed E-state index contributed by atoms with van der Waals surface area (Å²) >= 11 is 2.14. The molecule has 100 valence electrons. The normalized spacial score (nSPS) is 36.0. The fourth-order valence-corrected chi connectivity index (χ4v) is 4.32. The van der Waals surface area contributed by atoms with Gasteiger partial charge in [0.1, 0.15) is 0 Å². The second-order valence-corrected chi connectivity index (χ2v) is 7.43. The Morgan fingerprint density at radius 3 is 2.47 bits per heavy atom. The minimum Gasteiger partial charge on any atom is -0.311 e. The number of piperazine rings is 1. The van der Waals surface area contributed by atoms with Gasteiger partial charge in [0.05, 0.1) is 0 Å². The SMILES string of the molecule is CC(C)C1CN(C2CCSC2)C(C(C)C)CN1. The van der Waals surface area contributed by atoms with Crippen molar-refractivity contribution in [1.29, 1.82) is 0 Å². The highest BCUT2D eigenvalue weighted by molar-refractivity contribution is 7.99. The lowest BCUT2D eigenvalue weighted by atomic mass is 9.92. The van der Waals surface area contributed by atoms with Gasteiger partial charge in [0.2, 0.25) is 0 Å². The maximum absolute atomic E-state index is 3.75. The van der Waals surface area contributed by atoms with Gasteiger partial charge in [-0.3, -0.25) is 4.90 Å². The van der Waals surface area contributed by atoms with Crippen LogP contribution in [-0.4, -0.2) is 47.6 Å². The quantitative estimate of drug-likeness (QED) is 0.835. The van der Waals surface area contributed by atoms with Gasteiger partial charge in [-0.2, -0.15) is 11.8 Å². The van der Waals surface area contributed by atoms with E-state index in [4.69, 9.17) is 0 Å². The fraction of sp³-hybridized carbons (Fsp3) is 1.00. The Kier molecular flexibility index (Phi) is 4.79. The van der Waals surface area contributed by atoms with Crippen molar-refractivity contribution in [1.82, 2.24) is 10.2 Å². The van der Waals surface area contributed by atoms with Crippen molar-refractivity contribution in [2.75, 3.05) is 24.6 Å². The minimum atomic E-state index is 0.690. The summed E-state index contributed by atoms with van der Waals surface area (Å²) in [7, 11) is 0. The third kappa shape index (κ3) is 3.18. The van der Waals surface area contributed by atoms with Crippen LogP contribution in [0.5, 0.6) is 0 Å². The third-order valence-electron chi connectivity index (χ3n) is 4.37. The van der Waals surface area contributed by atoms with E-state index in [1.54, 1.807) is 0 Å². The molecule has 17 heavy (non-hydrogen) atoms. The lowest BCUT2D eigenvalue weighted by Gasteiger charge is -2.46. The highest BCUT2D eigenvalue weighted by atomic mass is 32.2. The van der Waals surface area contributed by atoms with Gasteiger partial charge in [-0.15, -0.1) is 0 Å². The molecular formula is C14H28N2S. The molecule has 0 radical (unpaired) electrons. The van der Waals surface area contributed by atoms with Crippen molar-refractivity contribution in [2.45, 2.75) is 52.2 Å². The summed E-state index contributed by atoms with van der Waals surface area (Å²) < 4.78 is 0. The molecule has 2 aliphatic heterocycles. The first-order valence-corrected chi connectivity index (χ1v) is 8.32. The summed E-state index contributed by atoms with van der Waals surface area (Å²) in [5, 5.41) is 3.75. The number of thioether (sulfide) groups is 1. The van der Waals surface area contributed by atoms with Crippen LogP contribution in [0.3, 0.4) is 0 Å². The first kappa shape index (κ1) is 13.7. The van der Waals surface area contributed by atoms with E-state index in [1.165, 1.54) is 31.0 Å². The monoisotopic (exact) mass is 256 g/mol. The molecule has 0 spiro atoms. The Morgan fingerprint density at radius 2 is 1.94 bits per heavy atom. The third-order valence-corrected chi connectivity index (χ3v) is 5.52. The van der Waals surface area contributed by atoms with E-state index in [1.807, 2.05) is 0 Å². The summed E-state index contributed by atoms with van der Waals surface area (Å²) in [6.45, 7) is 11.9. The predicted octanol–water partition coefficient (Wildman–Crippen LogP) is 2.45. The van der Waals surface area contributed by atoms with Crippen LogP contribution in [0, 0.1) is 11.8 Å². The van der Waals surface area contributed by atoms with Gasteiger partial charge < -0.3 is 5.32 Å². The standard InChI is InChI=1S/C14H28N2S/c1-10(2)13-8-16(12-5-6-17-9-12)14(7-15-13)11(3)4/h10-15H,5-9H2,1-4H3. The number of nitrogens with one attached hydrogen (secondary N) is 1. The molecule has 0 aromatic carbocycles. The summed E-state index contributed by atoms with van der Waals surface area (Å²) in [6, 6.07) is 2.28. The second kappa shape index (κ2) is 5.94. The molecule has 2 fully saturated rings. The smallest absolute Gasteiger partial charge is 0.0247 e. The Balaban J connectivity index is 2.03. The zero-order valence-electron chi connectivity index (χ0n) is 11.8. The van der Waals surface area contributed by atoms with Crippen molar-refractivity contribution in [2.24, 2.45) is 11.8 Å². The van der Waals surface area contributed by atoms with E-state index in [0.717, 1.165) is 23.9 Å². The van der Waals surface area contributed by atoms with Crippen LogP contribution in [0.1, 0.15) is 34.1 Å². The molecule has 1 N–H and O–H groups in total. The number of hydrogen-bond acceptors (Lipinski definition) is 3. The van der Waals surface area contributed by atoms with Crippen LogP contribution in [-0.2, 0) is 0 Å². The van der Waals surface area contributed by atoms with Gasteiger partial charge in [-0.05, 0) is 24.0 Å². The molecule has 3 atom stereocenters. The molecular weight excluding hydrogens is 228 g/mol. The van der Waals surface area contributed by atoms with Crippen LogP contribution in [0.25, 0.3) is 0 Å². The van der Waals surface area contributed by atoms with Gasteiger partial charge in [-0.1, -0.05) is 27.7 Å². The van der Waals surface area contributed by atoms with E-state index in [2.05, 4.69) is 49.7 Å². The predicted molar refractivity (Wildman–Crippen MR) is 77.7 cm³/mol. The summed E-state index contributed by atoms with van der Waals surface area (Å²) in [4.78, 5) is 2.83. The first-order valence-electron chi connectivity index (χ1n) is 7.16. The average molecular weight is 256 g/mol. The Labute approximate surface area is 111 Å². The van der Waals surface area contributed by atoms with Crippen LogP contribution in [0.2, 0.25) is 0 Å². The second-order valence-electron chi connectivity index (χ2n) is 6.28. The number of rotatable bonds is 3. The van der Waals surface area contributed by atoms with Crippen LogP contribution >= 0.6 is 11.8 Å². The van der Waals surface area contributed by atoms with E-state index in [0.29, 0.717) is 6.04 Å². The van der Waals surface area contributed by atoms with Gasteiger partial charge in [0, 0.05) is 37.0 Å². The fourth-order valence-electron chi connectivity index (χ4n) is 3.09. The lowest BCUT2D eigenvalue weighted by Crippen LogP contribution is -2.62. The molecule has 2 aliphatic rings. The van der Waals surface area contributed by atoms with Gasteiger partial charge in [0.15, 0.2) is 0 Å². The summed E-state index contributed by atoms with van der Waals surface area (Å²) in [6.07, 6.45) is 1.40. The topological polar surface area (TPSA) is 15.3 Å². The van der Waals surface area contributed by atoms with Crippen LogP contribution in [0.15, 0.2) is 0 Å². The first-order chi connectivity index (χ1) is 8.09. The largest absolute Gasteiger partial charge is 0.311 e.